The number of pyridine rings is 1. The van der Waals surface area contributed by atoms with Gasteiger partial charge in [0.05, 0.1) is 0 Å². The first kappa shape index (κ1) is 11.4. The van der Waals surface area contributed by atoms with Gasteiger partial charge in [0.15, 0.2) is 0 Å². The summed E-state index contributed by atoms with van der Waals surface area (Å²) in [7, 11) is 0. The lowest BCUT2D eigenvalue weighted by atomic mass is 10.1. The van der Waals surface area contributed by atoms with Crippen LogP contribution in [-0.2, 0) is 0 Å². The summed E-state index contributed by atoms with van der Waals surface area (Å²) in [5, 5.41) is 2.01. The Morgan fingerprint density at radius 3 is 2.26 bits per heavy atom. The van der Waals surface area contributed by atoms with E-state index in [1.165, 1.54) is 4.68 Å². The summed E-state index contributed by atoms with van der Waals surface area (Å²) in [6, 6.07) is 18.8. The Morgan fingerprint density at radius 2 is 1.53 bits per heavy atom. The van der Waals surface area contributed by atoms with E-state index in [2.05, 4.69) is 0 Å². The fourth-order valence-corrected chi connectivity index (χ4v) is 2.12. The van der Waals surface area contributed by atoms with Crippen LogP contribution in [0.4, 0.5) is 0 Å². The van der Waals surface area contributed by atoms with E-state index in [4.69, 9.17) is 5.84 Å². The van der Waals surface area contributed by atoms with Gasteiger partial charge in [-0.05, 0) is 11.5 Å². The number of carbonyl (C=O) groups excluding carboxylic acids is 1. The molecule has 3 rings (SSSR count). The number of aromatic nitrogens is 1. The maximum Gasteiger partial charge on any atom is 0.283 e. The number of hydrogen-bond acceptors (Lipinski definition) is 2. The highest BCUT2D eigenvalue weighted by Crippen LogP contribution is 2.14. The quantitative estimate of drug-likeness (QED) is 0.429. The maximum absolute atomic E-state index is 12.4. The van der Waals surface area contributed by atoms with Gasteiger partial charge in [-0.25, -0.2) is 5.84 Å². The molecule has 1 heterocycles. The predicted octanol–water partition coefficient (Wildman–Crippen LogP) is 2.07. The van der Waals surface area contributed by atoms with Crippen molar-refractivity contribution >= 4 is 16.6 Å². The summed E-state index contributed by atoms with van der Waals surface area (Å²) in [5.41, 5.74) is 1.11. The molecule has 0 aliphatic carbocycles. The van der Waals surface area contributed by atoms with Gasteiger partial charge < -0.3 is 0 Å². The fourth-order valence-electron chi connectivity index (χ4n) is 2.12. The zero-order chi connectivity index (χ0) is 13.2. The third-order valence-corrected chi connectivity index (χ3v) is 3.11. The third kappa shape index (κ3) is 2.06. The minimum atomic E-state index is -0.0751. The van der Waals surface area contributed by atoms with E-state index < -0.39 is 0 Å². The molecule has 2 N–H and O–H groups in total. The highest BCUT2D eigenvalue weighted by Gasteiger charge is 2.20. The van der Waals surface area contributed by atoms with Crippen molar-refractivity contribution in [1.29, 1.82) is 0 Å². The normalized spacial score (nSPS) is 10.5. The van der Waals surface area contributed by atoms with E-state index in [9.17, 15) is 4.79 Å². The molecule has 0 bridgehead atoms. The van der Waals surface area contributed by atoms with Gasteiger partial charge >= 0.3 is 0 Å². The van der Waals surface area contributed by atoms with Crippen LogP contribution in [0.2, 0.25) is 0 Å². The minimum Gasteiger partial charge on any atom is -0.282 e. The van der Waals surface area contributed by atoms with Crippen molar-refractivity contribution in [2.24, 2.45) is 0 Å². The molecule has 0 amide bonds. The first-order valence-electron chi connectivity index (χ1n) is 6.05. The SMILES string of the molecule is N[n+]1cc2ccccc2cc1C(=O)c1ccccc1. The molecule has 0 radical (unpaired) electrons. The van der Waals surface area contributed by atoms with Gasteiger partial charge in [-0.3, -0.25) is 4.79 Å². The summed E-state index contributed by atoms with van der Waals surface area (Å²) in [4.78, 5) is 12.4. The standard InChI is InChI=1S/C16H12N2O/c17-18-11-14-9-5-4-8-13(14)10-15(18)16(19)12-6-2-1-3-7-12/h1-11H,(H-,17,19)/p+1. The Morgan fingerprint density at radius 1 is 0.895 bits per heavy atom. The molecule has 92 valence electrons. The molecule has 0 aliphatic heterocycles. The molecule has 3 nitrogen and oxygen atoms in total. The molecule has 0 aliphatic rings. The van der Waals surface area contributed by atoms with Crippen molar-refractivity contribution in [1.82, 2.24) is 0 Å². The average molecular weight is 249 g/mol. The first-order chi connectivity index (χ1) is 9.25. The van der Waals surface area contributed by atoms with Crippen LogP contribution in [0.15, 0.2) is 66.9 Å². The zero-order valence-electron chi connectivity index (χ0n) is 10.3. The molecule has 0 fully saturated rings. The summed E-state index contributed by atoms with van der Waals surface area (Å²) in [5.74, 6) is 5.85. The van der Waals surface area contributed by atoms with Gasteiger partial charge in [0.2, 0.25) is 6.20 Å². The van der Waals surface area contributed by atoms with Crippen LogP contribution in [0, 0.1) is 0 Å². The molecular formula is C16H13N2O+. The third-order valence-electron chi connectivity index (χ3n) is 3.11. The van der Waals surface area contributed by atoms with Crippen molar-refractivity contribution in [3.8, 4) is 0 Å². The van der Waals surface area contributed by atoms with Gasteiger partial charge in [0.25, 0.3) is 11.5 Å². The molecule has 0 atom stereocenters. The van der Waals surface area contributed by atoms with Crippen LogP contribution in [-0.4, -0.2) is 5.78 Å². The van der Waals surface area contributed by atoms with Crippen LogP contribution >= 0.6 is 0 Å². The van der Waals surface area contributed by atoms with E-state index in [0.29, 0.717) is 11.3 Å². The van der Waals surface area contributed by atoms with Crippen LogP contribution in [0.25, 0.3) is 10.8 Å². The molecule has 0 spiro atoms. The molecule has 3 heteroatoms. The van der Waals surface area contributed by atoms with Crippen LogP contribution in [0.1, 0.15) is 16.1 Å². The Labute approximate surface area is 110 Å². The summed E-state index contributed by atoms with van der Waals surface area (Å²) >= 11 is 0. The van der Waals surface area contributed by atoms with Crippen molar-refractivity contribution in [2.45, 2.75) is 0 Å². The second-order valence-electron chi connectivity index (χ2n) is 4.39. The maximum atomic E-state index is 12.4. The van der Waals surface area contributed by atoms with Crippen LogP contribution in [0.5, 0.6) is 0 Å². The minimum absolute atomic E-state index is 0.0751. The largest absolute Gasteiger partial charge is 0.283 e. The number of carbonyl (C=O) groups is 1. The van der Waals surface area contributed by atoms with E-state index in [-0.39, 0.29) is 5.78 Å². The number of nitrogen functional groups attached to an aromatic ring is 1. The lowest BCUT2D eigenvalue weighted by Gasteiger charge is -2.01. The van der Waals surface area contributed by atoms with E-state index in [1.807, 2.05) is 48.5 Å². The van der Waals surface area contributed by atoms with Crippen molar-refractivity contribution in [3.05, 3.63) is 78.1 Å². The monoisotopic (exact) mass is 249 g/mol. The lowest BCUT2D eigenvalue weighted by Crippen LogP contribution is -2.49. The summed E-state index contributed by atoms with van der Waals surface area (Å²) < 4.78 is 1.39. The fraction of sp³-hybridized carbons (Fsp3) is 0. The number of ketones is 1. The van der Waals surface area contributed by atoms with Crippen molar-refractivity contribution in [3.63, 3.8) is 0 Å². The number of nitrogens with two attached hydrogens (primary N) is 1. The summed E-state index contributed by atoms with van der Waals surface area (Å²) in [6.45, 7) is 0. The van der Waals surface area contributed by atoms with E-state index >= 15 is 0 Å². The molecule has 19 heavy (non-hydrogen) atoms. The van der Waals surface area contributed by atoms with Gasteiger partial charge in [0, 0.05) is 17.0 Å². The highest BCUT2D eigenvalue weighted by atomic mass is 16.1. The topological polar surface area (TPSA) is 47.0 Å². The molecule has 2 aromatic carbocycles. The Balaban J connectivity index is 2.15. The van der Waals surface area contributed by atoms with E-state index in [0.717, 1.165) is 10.8 Å². The summed E-state index contributed by atoms with van der Waals surface area (Å²) in [6.07, 6.45) is 1.77. The van der Waals surface area contributed by atoms with Crippen molar-refractivity contribution < 1.29 is 9.47 Å². The van der Waals surface area contributed by atoms with Gasteiger partial charge in [-0.2, -0.15) is 0 Å². The molecule has 1 aromatic heterocycles. The smallest absolute Gasteiger partial charge is 0.282 e. The second kappa shape index (κ2) is 4.53. The van der Waals surface area contributed by atoms with Gasteiger partial charge in [0.1, 0.15) is 0 Å². The average Bonchev–Trinajstić information content (AvgIpc) is 2.47. The Kier molecular flexibility index (Phi) is 2.72. The zero-order valence-corrected chi connectivity index (χ0v) is 10.3. The molecule has 0 saturated heterocycles. The van der Waals surface area contributed by atoms with Crippen LogP contribution in [0.3, 0.4) is 0 Å². The molecular weight excluding hydrogens is 236 g/mol. The lowest BCUT2D eigenvalue weighted by molar-refractivity contribution is -0.639. The first-order valence-corrected chi connectivity index (χ1v) is 6.05. The highest BCUT2D eigenvalue weighted by molar-refractivity contribution is 6.08. The molecule has 0 saturated carbocycles. The van der Waals surface area contributed by atoms with Gasteiger partial charge in [-0.1, -0.05) is 53.2 Å². The molecule has 0 unspecified atom stereocenters. The van der Waals surface area contributed by atoms with Crippen molar-refractivity contribution in [2.75, 3.05) is 5.84 Å². The van der Waals surface area contributed by atoms with E-state index in [1.54, 1.807) is 18.3 Å². The number of rotatable bonds is 2. The van der Waals surface area contributed by atoms with Crippen LogP contribution < -0.4 is 10.5 Å². The second-order valence-corrected chi connectivity index (χ2v) is 4.39. The van der Waals surface area contributed by atoms with Gasteiger partial charge in [-0.15, -0.1) is 0 Å². The Hall–Kier alpha value is -2.68. The molecule has 3 aromatic rings. The number of nitrogens with zero attached hydrogens (tertiary/aromatic N) is 1. The predicted molar refractivity (Wildman–Crippen MR) is 74.2 cm³/mol. The number of fused-ring (bicyclic) bond motifs is 1. The number of hydrogen-bond donors (Lipinski definition) is 1. The number of benzene rings is 2. The Bertz CT molecular complexity index is 751.